The van der Waals surface area contributed by atoms with Gasteiger partial charge in [-0.25, -0.2) is 0 Å². The molecule has 3 nitrogen and oxygen atoms in total. The normalized spacial score (nSPS) is 13.7. The maximum absolute atomic E-state index is 9.57. The van der Waals surface area contributed by atoms with Gasteiger partial charge in [0.2, 0.25) is 0 Å². The van der Waals surface area contributed by atoms with Gasteiger partial charge in [-0.15, -0.1) is 0 Å². The van der Waals surface area contributed by atoms with E-state index in [1.165, 1.54) is 6.92 Å². The largest absolute Gasteiger partial charge is 0.480 e. The third kappa shape index (κ3) is 1.72. The van der Waals surface area contributed by atoms with Crippen molar-refractivity contribution in [2.45, 2.75) is 13.0 Å². The average Bonchev–Trinajstić information content (AvgIpc) is 1.36. The fourth-order valence-corrected chi connectivity index (χ4v) is 0. The molecule has 0 aromatic carbocycles. The predicted octanol–water partition coefficient (Wildman–Crippen LogP) is -0.582. The SMILES string of the molecule is C[14C@H](N)C(=O)O. The summed E-state index contributed by atoms with van der Waals surface area (Å²) in [5, 5.41) is 7.87. The van der Waals surface area contributed by atoms with Crippen molar-refractivity contribution in [2.24, 2.45) is 5.73 Å². The molecule has 0 saturated heterocycles. The molecule has 0 spiro atoms. The van der Waals surface area contributed by atoms with Crippen molar-refractivity contribution in [2.75, 3.05) is 0 Å². The average molecular weight is 91.1 g/mol. The molecule has 0 heterocycles. The Hall–Kier alpha value is -0.570. The van der Waals surface area contributed by atoms with E-state index in [1.54, 1.807) is 0 Å². The number of hydrogen-bond acceptors (Lipinski definition) is 2. The minimum absolute atomic E-state index is 0.731. The molecule has 3 heteroatoms. The van der Waals surface area contributed by atoms with Gasteiger partial charge in [0, 0.05) is 0 Å². The van der Waals surface area contributed by atoms with E-state index in [2.05, 4.69) is 0 Å². The second-order valence-corrected chi connectivity index (χ2v) is 1.13. The number of carbonyl (C=O) groups is 1. The monoisotopic (exact) mass is 91.1 g/mol. The summed E-state index contributed by atoms with van der Waals surface area (Å²) < 4.78 is 0. The molecule has 36 valence electrons. The first-order valence-corrected chi connectivity index (χ1v) is 1.63. The molecule has 6 heavy (non-hydrogen) atoms. The summed E-state index contributed by atoms with van der Waals surface area (Å²) >= 11 is 0. The highest BCUT2D eigenvalue weighted by Gasteiger charge is 1.99. The second kappa shape index (κ2) is 1.77. The molecule has 0 saturated carbocycles. The lowest BCUT2D eigenvalue weighted by Crippen LogP contribution is -2.25. The summed E-state index contributed by atoms with van der Waals surface area (Å²) in [6.07, 6.45) is 0. The van der Waals surface area contributed by atoms with Crippen LogP contribution >= 0.6 is 0 Å². The van der Waals surface area contributed by atoms with Gasteiger partial charge < -0.3 is 10.8 Å². The van der Waals surface area contributed by atoms with Crippen molar-refractivity contribution < 1.29 is 9.90 Å². The molecule has 0 aliphatic carbocycles. The van der Waals surface area contributed by atoms with Gasteiger partial charge in [-0.1, -0.05) is 0 Å². The van der Waals surface area contributed by atoms with E-state index in [4.69, 9.17) is 10.8 Å². The quantitative estimate of drug-likeness (QED) is 0.453. The first-order valence-electron chi connectivity index (χ1n) is 1.63. The highest BCUT2D eigenvalue weighted by molar-refractivity contribution is 5.72. The molecule has 0 aromatic rings. The lowest BCUT2D eigenvalue weighted by Gasteiger charge is -1.90. The van der Waals surface area contributed by atoms with Crippen LogP contribution < -0.4 is 5.73 Å². The van der Waals surface area contributed by atoms with Crippen LogP contribution in [0.4, 0.5) is 0 Å². The molecule has 0 amide bonds. The maximum Gasteiger partial charge on any atom is 0.320 e. The summed E-state index contributed by atoms with van der Waals surface area (Å²) in [5.41, 5.74) is 4.84. The van der Waals surface area contributed by atoms with E-state index in [0.717, 1.165) is 0 Å². The van der Waals surface area contributed by atoms with Gasteiger partial charge in [-0.2, -0.15) is 0 Å². The lowest BCUT2D eigenvalue weighted by molar-refractivity contribution is -0.138. The molecule has 0 aliphatic heterocycles. The highest BCUT2D eigenvalue weighted by atomic mass is 16.4. The smallest absolute Gasteiger partial charge is 0.320 e. The molecule has 0 unspecified atom stereocenters. The van der Waals surface area contributed by atoms with Gasteiger partial charge in [0.05, 0.1) is 0 Å². The summed E-state index contributed by atoms with van der Waals surface area (Å²) in [6, 6.07) is -0.731. The van der Waals surface area contributed by atoms with Gasteiger partial charge in [-0.3, -0.25) is 4.79 Å². The third-order valence-corrected chi connectivity index (χ3v) is 0.390. The fourth-order valence-electron chi connectivity index (χ4n) is 0. The molecule has 0 aromatic heterocycles. The first-order chi connectivity index (χ1) is 2.64. The molecule has 1 atom stereocenters. The Balaban J connectivity index is 3.26. The molecule has 0 bridgehead atoms. The van der Waals surface area contributed by atoms with Crippen LogP contribution in [0.1, 0.15) is 6.92 Å². The zero-order valence-electron chi connectivity index (χ0n) is 3.51. The minimum Gasteiger partial charge on any atom is -0.480 e. The van der Waals surface area contributed by atoms with E-state index < -0.39 is 12.0 Å². The van der Waals surface area contributed by atoms with Crippen LogP contribution in [-0.2, 0) is 4.79 Å². The third-order valence-electron chi connectivity index (χ3n) is 0.390. The van der Waals surface area contributed by atoms with Crippen molar-refractivity contribution in [1.29, 1.82) is 0 Å². The summed E-state index contributed by atoms with van der Waals surface area (Å²) in [4.78, 5) is 9.57. The zero-order chi connectivity index (χ0) is 5.15. The Morgan fingerprint density at radius 1 is 2.00 bits per heavy atom. The van der Waals surface area contributed by atoms with E-state index in [9.17, 15) is 4.79 Å². The predicted molar refractivity (Wildman–Crippen MR) is 21.3 cm³/mol. The van der Waals surface area contributed by atoms with Gasteiger partial charge in [-0.05, 0) is 6.92 Å². The van der Waals surface area contributed by atoms with Crippen molar-refractivity contribution in [3.05, 3.63) is 0 Å². The summed E-state index contributed by atoms with van der Waals surface area (Å²) in [5.74, 6) is -0.963. The van der Waals surface area contributed by atoms with Gasteiger partial charge in [0.25, 0.3) is 0 Å². The minimum atomic E-state index is -0.963. The second-order valence-electron chi connectivity index (χ2n) is 1.13. The van der Waals surface area contributed by atoms with Gasteiger partial charge >= 0.3 is 5.97 Å². The summed E-state index contributed by atoms with van der Waals surface area (Å²) in [6.45, 7) is 1.42. The van der Waals surface area contributed by atoms with Crippen LogP contribution in [-0.4, -0.2) is 17.1 Å². The Bertz CT molecular complexity index is 59.8. The number of hydrogen-bond donors (Lipinski definition) is 2. The molecule has 0 rings (SSSR count). The van der Waals surface area contributed by atoms with Crippen LogP contribution in [0, 0.1) is 0 Å². The van der Waals surface area contributed by atoms with Crippen LogP contribution in [0.25, 0.3) is 0 Å². The number of carboxylic acids is 1. The van der Waals surface area contributed by atoms with Gasteiger partial charge in [0.1, 0.15) is 6.04 Å². The Morgan fingerprint density at radius 3 is 2.17 bits per heavy atom. The number of aliphatic carboxylic acids is 1. The standard InChI is InChI=1S/C3H7NO2/c1-2(4)3(5)6/h2H,4H2,1H3,(H,5,6)/t2-/m0/s1/i2+2. The van der Waals surface area contributed by atoms with Crippen LogP contribution in [0.5, 0.6) is 0 Å². The maximum atomic E-state index is 9.57. The Labute approximate surface area is 35.8 Å². The van der Waals surface area contributed by atoms with Crippen LogP contribution in [0.15, 0.2) is 0 Å². The molecular formula is C3H7NO2. The molecular weight excluding hydrogens is 84.0 g/mol. The first kappa shape index (κ1) is 5.43. The molecule has 3 N–H and O–H groups in total. The molecule has 0 radical (unpaired) electrons. The van der Waals surface area contributed by atoms with Crippen molar-refractivity contribution in [3.8, 4) is 0 Å². The Morgan fingerprint density at radius 2 is 2.17 bits per heavy atom. The lowest BCUT2D eigenvalue weighted by atomic mass is 11.1. The number of carboxylic acid groups (broad SMARTS) is 1. The Kier molecular flexibility index (Phi) is 1.60. The fraction of sp³-hybridized carbons (Fsp3) is 0.667. The van der Waals surface area contributed by atoms with Crippen LogP contribution in [0.3, 0.4) is 0 Å². The van der Waals surface area contributed by atoms with E-state index in [1.807, 2.05) is 0 Å². The van der Waals surface area contributed by atoms with Crippen molar-refractivity contribution >= 4 is 5.97 Å². The van der Waals surface area contributed by atoms with E-state index >= 15 is 0 Å². The van der Waals surface area contributed by atoms with E-state index in [0.29, 0.717) is 0 Å². The number of nitrogens with two attached hydrogens (primary N) is 1. The molecule has 0 aliphatic rings. The van der Waals surface area contributed by atoms with Crippen LogP contribution in [0.2, 0.25) is 0 Å². The zero-order valence-corrected chi connectivity index (χ0v) is 3.51. The number of rotatable bonds is 1. The van der Waals surface area contributed by atoms with Crippen molar-refractivity contribution in [1.82, 2.24) is 0 Å². The van der Waals surface area contributed by atoms with Gasteiger partial charge in [0.15, 0.2) is 0 Å². The van der Waals surface area contributed by atoms with Crippen molar-refractivity contribution in [3.63, 3.8) is 0 Å². The highest BCUT2D eigenvalue weighted by Crippen LogP contribution is 1.68. The van der Waals surface area contributed by atoms with E-state index in [-0.39, 0.29) is 0 Å². The molecule has 0 fully saturated rings. The topological polar surface area (TPSA) is 63.3 Å². The summed E-state index contributed by atoms with van der Waals surface area (Å²) in [7, 11) is 0.